The Morgan fingerprint density at radius 2 is 1.79 bits per heavy atom. The van der Waals surface area contributed by atoms with Crippen molar-refractivity contribution in [2.45, 2.75) is 18.4 Å². The molecule has 1 aromatic heterocycles. The summed E-state index contributed by atoms with van der Waals surface area (Å²) in [5.41, 5.74) is 3.88. The number of rotatable bonds is 8. The summed E-state index contributed by atoms with van der Waals surface area (Å²) in [5.74, 6) is 0.706. The molecule has 0 atom stereocenters. The zero-order valence-corrected chi connectivity index (χ0v) is 19.5. The number of hydrogen-bond acceptors (Lipinski definition) is 5. The van der Waals surface area contributed by atoms with E-state index < -0.39 is 15.6 Å². The minimum Gasteiger partial charge on any atom is -0.496 e. The van der Waals surface area contributed by atoms with Crippen LogP contribution in [-0.2, 0) is 20.4 Å². The Morgan fingerprint density at radius 3 is 2.36 bits per heavy atom. The van der Waals surface area contributed by atoms with Gasteiger partial charge in [0.05, 0.1) is 19.0 Å². The van der Waals surface area contributed by atoms with Crippen LogP contribution in [0.1, 0.15) is 29.5 Å². The lowest BCUT2D eigenvalue weighted by atomic mass is 9.95. The molecule has 8 heteroatoms. The van der Waals surface area contributed by atoms with Gasteiger partial charge in [-0.2, -0.15) is 0 Å². The molecule has 0 amide bonds. The van der Waals surface area contributed by atoms with Crippen molar-refractivity contribution < 1.29 is 17.9 Å². The molecule has 1 heterocycles. The van der Waals surface area contributed by atoms with Crippen molar-refractivity contribution in [3.8, 4) is 16.9 Å². The lowest BCUT2D eigenvalue weighted by molar-refractivity contribution is 0.0766. The topological polar surface area (TPSA) is 97.5 Å². The fraction of sp³-hybridized carbons (Fsp3) is 0.240. The first-order chi connectivity index (χ1) is 15.7. The number of nitrogens with one attached hydrogen (secondary N) is 2. The van der Waals surface area contributed by atoms with Gasteiger partial charge in [0.1, 0.15) is 5.75 Å². The van der Waals surface area contributed by atoms with E-state index in [1.54, 1.807) is 44.7 Å². The zero-order chi connectivity index (χ0) is 23.6. The molecule has 0 unspecified atom stereocenters. The lowest BCUT2D eigenvalue weighted by Crippen LogP contribution is -2.13. The number of sulfonamides is 1. The zero-order valence-electron chi connectivity index (χ0n) is 18.7. The molecule has 1 saturated carbocycles. The lowest BCUT2D eigenvalue weighted by Gasteiger charge is -2.21. The molecule has 2 N–H and O–H groups in total. The van der Waals surface area contributed by atoms with E-state index in [0.717, 1.165) is 41.4 Å². The van der Waals surface area contributed by atoms with Crippen molar-refractivity contribution >= 4 is 27.9 Å². The second kappa shape index (κ2) is 8.88. The maximum absolute atomic E-state index is 12.5. The van der Waals surface area contributed by atoms with E-state index in [2.05, 4.69) is 9.71 Å². The first-order valence-corrected chi connectivity index (χ1v) is 12.4. The molecule has 172 valence electrons. The summed E-state index contributed by atoms with van der Waals surface area (Å²) < 4.78 is 36.9. The summed E-state index contributed by atoms with van der Waals surface area (Å²) in [6, 6.07) is 14.5. The van der Waals surface area contributed by atoms with Crippen LogP contribution in [0.4, 0.5) is 5.69 Å². The van der Waals surface area contributed by atoms with Crippen molar-refractivity contribution in [2.24, 2.45) is 0 Å². The van der Waals surface area contributed by atoms with Gasteiger partial charge >= 0.3 is 0 Å². The van der Waals surface area contributed by atoms with E-state index in [0.29, 0.717) is 17.0 Å². The summed E-state index contributed by atoms with van der Waals surface area (Å²) in [6.45, 7) is 0. The summed E-state index contributed by atoms with van der Waals surface area (Å²) in [7, 11) is -0.0108. The van der Waals surface area contributed by atoms with E-state index in [-0.39, 0.29) is 5.56 Å². The molecule has 0 saturated heterocycles. The van der Waals surface area contributed by atoms with E-state index >= 15 is 0 Å². The number of benzene rings is 2. The van der Waals surface area contributed by atoms with E-state index in [4.69, 9.17) is 9.47 Å². The Bertz CT molecular complexity index is 1350. The second-order valence-corrected chi connectivity index (χ2v) is 9.84. The van der Waals surface area contributed by atoms with Crippen LogP contribution in [0.15, 0.2) is 59.5 Å². The molecule has 1 aliphatic carbocycles. The molecule has 0 radical (unpaired) electrons. The predicted molar refractivity (Wildman–Crippen MR) is 131 cm³/mol. The molecular formula is C25H26N2O5S. The van der Waals surface area contributed by atoms with Crippen LogP contribution in [0, 0.1) is 0 Å². The van der Waals surface area contributed by atoms with Crippen molar-refractivity contribution in [2.75, 3.05) is 25.2 Å². The summed E-state index contributed by atoms with van der Waals surface area (Å²) >= 11 is 0. The number of hydrogen-bond donors (Lipinski definition) is 2. The molecule has 3 aromatic rings. The van der Waals surface area contributed by atoms with Crippen LogP contribution in [0.2, 0.25) is 0 Å². The van der Waals surface area contributed by atoms with E-state index in [1.165, 1.54) is 0 Å². The van der Waals surface area contributed by atoms with Gasteiger partial charge in [-0.15, -0.1) is 0 Å². The smallest absolute Gasteiger partial charge is 0.255 e. The first kappa shape index (κ1) is 22.8. The highest BCUT2D eigenvalue weighted by atomic mass is 32.2. The molecule has 0 bridgehead atoms. The van der Waals surface area contributed by atoms with Gasteiger partial charge < -0.3 is 14.5 Å². The predicted octanol–water partition coefficient (Wildman–Crippen LogP) is 4.23. The fourth-order valence-corrected chi connectivity index (χ4v) is 4.47. The van der Waals surface area contributed by atoms with Gasteiger partial charge in [0.15, 0.2) is 0 Å². The maximum atomic E-state index is 12.5. The van der Waals surface area contributed by atoms with Gasteiger partial charge in [0, 0.05) is 35.7 Å². The number of anilines is 1. The number of ether oxygens (including phenoxy) is 2. The van der Waals surface area contributed by atoms with E-state index in [9.17, 15) is 13.2 Å². The van der Waals surface area contributed by atoms with Crippen molar-refractivity contribution in [1.82, 2.24) is 4.98 Å². The van der Waals surface area contributed by atoms with Crippen molar-refractivity contribution in [1.29, 1.82) is 0 Å². The maximum Gasteiger partial charge on any atom is 0.255 e. The molecule has 4 rings (SSSR count). The molecule has 7 nitrogen and oxygen atoms in total. The number of H-pyrrole nitrogens is 1. The van der Waals surface area contributed by atoms with Crippen molar-refractivity contribution in [3.63, 3.8) is 0 Å². The molecule has 1 fully saturated rings. The third-order valence-electron chi connectivity index (χ3n) is 5.71. The average Bonchev–Trinajstić information content (AvgIpc) is 3.58. The number of aromatic amines is 1. The quantitative estimate of drug-likeness (QED) is 0.484. The first-order valence-electron chi connectivity index (χ1n) is 10.5. The molecule has 0 aliphatic heterocycles. The normalized spacial score (nSPS) is 14.9. The number of aromatic nitrogens is 1. The Labute approximate surface area is 193 Å². The molecule has 2 aromatic carbocycles. The summed E-state index contributed by atoms with van der Waals surface area (Å²) in [6.07, 6.45) is 8.32. The van der Waals surface area contributed by atoms with Crippen LogP contribution in [0.3, 0.4) is 0 Å². The van der Waals surface area contributed by atoms with Crippen LogP contribution in [-0.4, -0.2) is 33.9 Å². The number of pyridine rings is 1. The Balaban J connectivity index is 1.77. The molecule has 1 aliphatic rings. The number of methoxy groups -OCH3 is 2. The Hall–Kier alpha value is -3.36. The molecule has 0 spiro atoms. The highest BCUT2D eigenvalue weighted by Gasteiger charge is 2.47. The van der Waals surface area contributed by atoms with Gasteiger partial charge in [0.2, 0.25) is 10.0 Å². The van der Waals surface area contributed by atoms with Gasteiger partial charge in [-0.1, -0.05) is 24.3 Å². The third kappa shape index (κ3) is 5.02. The van der Waals surface area contributed by atoms with Gasteiger partial charge in [-0.25, -0.2) is 8.42 Å². The van der Waals surface area contributed by atoms with Crippen LogP contribution < -0.4 is 15.0 Å². The van der Waals surface area contributed by atoms with Gasteiger partial charge in [-0.05, 0) is 60.4 Å². The third-order valence-corrected chi connectivity index (χ3v) is 6.31. The molecular weight excluding hydrogens is 440 g/mol. The van der Waals surface area contributed by atoms with Crippen LogP contribution in [0.25, 0.3) is 23.3 Å². The van der Waals surface area contributed by atoms with Gasteiger partial charge in [-0.3, -0.25) is 9.52 Å². The monoisotopic (exact) mass is 466 g/mol. The SMILES string of the molecule is COc1c(/C=C/c2ccc(NS(C)(=O)=O)cc2)cc(-c2ccc[nH]c2=O)cc1C1(OC)CC1. The highest BCUT2D eigenvalue weighted by molar-refractivity contribution is 7.92. The Morgan fingerprint density at radius 1 is 1.06 bits per heavy atom. The molecule has 33 heavy (non-hydrogen) atoms. The largest absolute Gasteiger partial charge is 0.496 e. The summed E-state index contributed by atoms with van der Waals surface area (Å²) in [5, 5.41) is 0. The highest BCUT2D eigenvalue weighted by Crippen LogP contribution is 2.53. The van der Waals surface area contributed by atoms with Crippen LogP contribution in [0.5, 0.6) is 5.75 Å². The average molecular weight is 467 g/mol. The van der Waals surface area contributed by atoms with Crippen molar-refractivity contribution in [3.05, 3.63) is 81.8 Å². The van der Waals surface area contributed by atoms with Gasteiger partial charge in [0.25, 0.3) is 5.56 Å². The second-order valence-electron chi connectivity index (χ2n) is 8.09. The fourth-order valence-electron chi connectivity index (χ4n) is 3.91. The van der Waals surface area contributed by atoms with Crippen LogP contribution >= 0.6 is 0 Å². The van der Waals surface area contributed by atoms with E-state index in [1.807, 2.05) is 36.4 Å². The minimum atomic E-state index is -3.33. The summed E-state index contributed by atoms with van der Waals surface area (Å²) in [4.78, 5) is 15.2. The minimum absolute atomic E-state index is 0.167. The standard InChI is InChI=1S/C25H26N2O5S/c1-31-23-18(9-6-17-7-10-20(11-8-17)27-33(3,29)30)15-19(21-5-4-14-26-24(21)28)16-22(23)25(32-2)12-13-25/h4-11,14-16,27H,12-13H2,1-3H3,(H,26,28)/b9-6+. The Kier molecular flexibility index (Phi) is 6.14.